The molecule has 2 aliphatic rings. The fourth-order valence-electron chi connectivity index (χ4n) is 6.34. The monoisotopic (exact) mass is 501 g/mol. The molecule has 0 saturated carbocycles. The summed E-state index contributed by atoms with van der Waals surface area (Å²) < 4.78 is 15.4. The predicted molar refractivity (Wildman–Crippen MR) is 143 cm³/mol. The molecule has 37 heavy (non-hydrogen) atoms. The first-order chi connectivity index (χ1) is 17.9. The van der Waals surface area contributed by atoms with Crippen LogP contribution in [0.15, 0.2) is 65.9 Å². The van der Waals surface area contributed by atoms with Gasteiger partial charge < -0.3 is 10.4 Å². The van der Waals surface area contributed by atoms with Gasteiger partial charge in [0.2, 0.25) is 5.91 Å². The van der Waals surface area contributed by atoms with E-state index in [-0.39, 0.29) is 23.5 Å². The number of hydrogen-bond donors (Lipinski definition) is 2. The molecule has 0 spiro atoms. The lowest BCUT2D eigenvalue weighted by Gasteiger charge is -2.29. The van der Waals surface area contributed by atoms with Crippen LogP contribution in [0.2, 0.25) is 0 Å². The third-order valence-corrected chi connectivity index (χ3v) is 8.05. The number of allylic oxidation sites excluding steroid dienone is 2. The van der Waals surface area contributed by atoms with Crippen molar-refractivity contribution >= 4 is 5.91 Å². The first kappa shape index (κ1) is 25.2. The fraction of sp³-hybridized carbons (Fsp3) is 0.419. The van der Waals surface area contributed by atoms with Crippen LogP contribution in [0.3, 0.4) is 0 Å². The summed E-state index contributed by atoms with van der Waals surface area (Å²) in [4.78, 5) is 12.8. The molecule has 1 heterocycles. The summed E-state index contributed by atoms with van der Waals surface area (Å²) in [6, 6.07) is 13.8. The highest BCUT2D eigenvalue weighted by Crippen LogP contribution is 2.48. The Bertz CT molecular complexity index is 1290. The number of benzene rings is 2. The standard InChI is InChI=1S/C31H36FN3O2/c1-3-5-25(34-30(37)15-8-21-6-4-7-27(36)16-21)17-22-9-10-23-18-29-28(20(2)31(22)23)19-33-35(29)26-13-11-24(32)12-14-26/h4,6-7,11-14,16,19-20,22,25,36H,3,5,8-10,15,17-18H2,1-2H3,(H,34,37)/t20-,22+,25?/m0/s1. The van der Waals surface area contributed by atoms with Crippen LogP contribution < -0.4 is 5.32 Å². The normalized spacial score (nSPS) is 19.4. The summed E-state index contributed by atoms with van der Waals surface area (Å²) in [6.45, 7) is 4.45. The average Bonchev–Trinajstić information content (AvgIpc) is 3.48. The zero-order chi connectivity index (χ0) is 25.9. The molecule has 3 atom stereocenters. The number of fused-ring (bicyclic) bond motifs is 1. The number of carbonyl (C=O) groups excluding carboxylic acids is 1. The van der Waals surface area contributed by atoms with Crippen LogP contribution in [0.4, 0.5) is 4.39 Å². The van der Waals surface area contributed by atoms with E-state index in [9.17, 15) is 14.3 Å². The largest absolute Gasteiger partial charge is 0.508 e. The van der Waals surface area contributed by atoms with E-state index in [0.29, 0.717) is 24.7 Å². The zero-order valence-electron chi connectivity index (χ0n) is 21.7. The smallest absolute Gasteiger partial charge is 0.220 e. The number of phenols is 1. The van der Waals surface area contributed by atoms with E-state index >= 15 is 0 Å². The Morgan fingerprint density at radius 3 is 2.81 bits per heavy atom. The van der Waals surface area contributed by atoms with Gasteiger partial charge in [0.05, 0.1) is 17.6 Å². The van der Waals surface area contributed by atoms with Crippen molar-refractivity contribution in [2.45, 2.75) is 77.2 Å². The lowest BCUT2D eigenvalue weighted by Crippen LogP contribution is -2.36. The topological polar surface area (TPSA) is 67.2 Å². The number of halogens is 1. The Morgan fingerprint density at radius 1 is 1.24 bits per heavy atom. The van der Waals surface area contributed by atoms with Crippen molar-refractivity contribution in [3.8, 4) is 11.4 Å². The number of nitrogens with one attached hydrogen (secondary N) is 1. The lowest BCUT2D eigenvalue weighted by molar-refractivity contribution is -0.121. The van der Waals surface area contributed by atoms with Crippen molar-refractivity contribution in [1.29, 1.82) is 0 Å². The Hall–Kier alpha value is -3.41. The Kier molecular flexibility index (Phi) is 7.45. The second kappa shape index (κ2) is 10.9. The third-order valence-electron chi connectivity index (χ3n) is 8.05. The van der Waals surface area contributed by atoms with Gasteiger partial charge in [-0.3, -0.25) is 4.79 Å². The van der Waals surface area contributed by atoms with Gasteiger partial charge in [0.1, 0.15) is 11.6 Å². The summed E-state index contributed by atoms with van der Waals surface area (Å²) in [7, 11) is 0. The van der Waals surface area contributed by atoms with Crippen LogP contribution in [0, 0.1) is 11.7 Å². The predicted octanol–water partition coefficient (Wildman–Crippen LogP) is 6.39. The van der Waals surface area contributed by atoms with Gasteiger partial charge in [-0.15, -0.1) is 0 Å². The average molecular weight is 502 g/mol. The molecule has 1 unspecified atom stereocenters. The lowest BCUT2D eigenvalue weighted by atomic mass is 9.78. The van der Waals surface area contributed by atoms with Crippen molar-refractivity contribution < 1.29 is 14.3 Å². The van der Waals surface area contributed by atoms with E-state index in [1.165, 1.54) is 29.0 Å². The number of nitrogens with zero attached hydrogens (tertiary/aromatic N) is 2. The number of aromatic nitrogens is 2. The van der Waals surface area contributed by atoms with Gasteiger partial charge in [-0.2, -0.15) is 5.10 Å². The second-order valence-electron chi connectivity index (χ2n) is 10.6. The molecule has 2 aromatic carbocycles. The number of amides is 1. The molecular weight excluding hydrogens is 465 g/mol. The second-order valence-corrected chi connectivity index (χ2v) is 10.6. The minimum Gasteiger partial charge on any atom is -0.508 e. The van der Waals surface area contributed by atoms with Crippen LogP contribution in [-0.2, 0) is 17.6 Å². The van der Waals surface area contributed by atoms with E-state index < -0.39 is 0 Å². The van der Waals surface area contributed by atoms with Crippen molar-refractivity contribution in [2.75, 3.05) is 0 Å². The number of rotatable bonds is 9. The molecule has 1 amide bonds. The molecule has 5 nitrogen and oxygen atoms in total. The van der Waals surface area contributed by atoms with Gasteiger partial charge in [0.15, 0.2) is 0 Å². The number of aromatic hydroxyl groups is 1. The van der Waals surface area contributed by atoms with E-state index in [4.69, 9.17) is 0 Å². The molecule has 0 bridgehead atoms. The van der Waals surface area contributed by atoms with Crippen molar-refractivity contribution in [3.63, 3.8) is 0 Å². The van der Waals surface area contributed by atoms with Crippen LogP contribution >= 0.6 is 0 Å². The molecule has 194 valence electrons. The van der Waals surface area contributed by atoms with Crippen LogP contribution in [-0.4, -0.2) is 26.8 Å². The summed E-state index contributed by atoms with van der Waals surface area (Å²) in [5.74, 6) is 0.836. The highest BCUT2D eigenvalue weighted by Gasteiger charge is 2.37. The molecule has 2 N–H and O–H groups in total. The van der Waals surface area contributed by atoms with E-state index in [0.717, 1.165) is 49.8 Å². The number of aryl methyl sites for hydroxylation is 1. The van der Waals surface area contributed by atoms with Crippen molar-refractivity contribution in [2.24, 2.45) is 5.92 Å². The molecule has 0 saturated heterocycles. The van der Waals surface area contributed by atoms with E-state index in [2.05, 4.69) is 24.3 Å². The van der Waals surface area contributed by atoms with Gasteiger partial charge in [0, 0.05) is 30.4 Å². The molecule has 2 aliphatic carbocycles. The summed E-state index contributed by atoms with van der Waals surface area (Å²) in [5, 5.41) is 17.7. The van der Waals surface area contributed by atoms with Crippen molar-refractivity contribution in [3.05, 3.63) is 88.5 Å². The minimum atomic E-state index is -0.241. The maximum atomic E-state index is 13.4. The van der Waals surface area contributed by atoms with Gasteiger partial charge in [0.25, 0.3) is 0 Å². The number of hydrogen-bond acceptors (Lipinski definition) is 3. The Balaban J connectivity index is 1.26. The molecule has 3 aromatic rings. The Morgan fingerprint density at radius 2 is 2.05 bits per heavy atom. The van der Waals surface area contributed by atoms with Gasteiger partial charge in [-0.1, -0.05) is 43.5 Å². The van der Waals surface area contributed by atoms with Crippen molar-refractivity contribution in [1.82, 2.24) is 15.1 Å². The molecule has 0 aliphatic heterocycles. The van der Waals surface area contributed by atoms with Gasteiger partial charge in [-0.25, -0.2) is 9.07 Å². The summed E-state index contributed by atoms with van der Waals surface area (Å²) >= 11 is 0. The maximum absolute atomic E-state index is 13.4. The fourth-order valence-corrected chi connectivity index (χ4v) is 6.34. The zero-order valence-corrected chi connectivity index (χ0v) is 21.7. The maximum Gasteiger partial charge on any atom is 0.220 e. The highest BCUT2D eigenvalue weighted by molar-refractivity contribution is 5.76. The van der Waals surface area contributed by atoms with Crippen LogP contribution in [0.1, 0.15) is 75.1 Å². The summed E-state index contributed by atoms with van der Waals surface area (Å²) in [6.07, 6.45) is 9.09. The van der Waals surface area contributed by atoms with Gasteiger partial charge >= 0.3 is 0 Å². The molecular formula is C31H36FN3O2. The number of carbonyl (C=O) groups is 1. The van der Waals surface area contributed by atoms with Crippen LogP contribution in [0.25, 0.3) is 5.69 Å². The molecule has 0 fully saturated rings. The van der Waals surface area contributed by atoms with Gasteiger partial charge in [-0.05, 0) is 80.0 Å². The third kappa shape index (κ3) is 5.48. The first-order valence-electron chi connectivity index (χ1n) is 13.5. The summed E-state index contributed by atoms with van der Waals surface area (Å²) in [5.41, 5.74) is 7.40. The molecule has 6 heteroatoms. The molecule has 1 aromatic heterocycles. The number of phenolic OH excluding ortho intramolecular Hbond substituents is 1. The molecule has 5 rings (SSSR count). The SMILES string of the molecule is CCCC(C[C@H]1CCC2=C1[C@@H](C)c1cnn(-c3ccc(F)cc3)c1C2)NC(=O)CCc1cccc(O)c1. The first-order valence-corrected chi connectivity index (χ1v) is 13.5. The van der Waals surface area contributed by atoms with Crippen LogP contribution in [0.5, 0.6) is 5.75 Å². The quantitative estimate of drug-likeness (QED) is 0.334. The Labute approximate surface area is 218 Å². The highest BCUT2D eigenvalue weighted by atomic mass is 19.1. The molecule has 0 radical (unpaired) electrons. The van der Waals surface area contributed by atoms with E-state index in [1.54, 1.807) is 29.8 Å². The van der Waals surface area contributed by atoms with E-state index in [1.807, 2.05) is 23.0 Å². The minimum absolute atomic E-state index is 0.0774.